The molecule has 3 aliphatic rings. The lowest BCUT2D eigenvalue weighted by molar-refractivity contribution is -0.118. The molecule has 0 aliphatic carbocycles. The molecule has 5 aromatic rings. The number of hydrogen-bond acceptors (Lipinski definition) is 7. The van der Waals surface area contributed by atoms with Gasteiger partial charge in [-0.05, 0) is 61.2 Å². The van der Waals surface area contributed by atoms with Crippen LogP contribution in [0, 0.1) is 12.8 Å². The van der Waals surface area contributed by atoms with Crippen molar-refractivity contribution in [3.63, 3.8) is 0 Å². The van der Waals surface area contributed by atoms with E-state index in [9.17, 15) is 13.6 Å². The van der Waals surface area contributed by atoms with E-state index in [1.165, 1.54) is 22.1 Å². The molecule has 2 unspecified atom stereocenters. The second kappa shape index (κ2) is 11.5. The Bertz CT molecular complexity index is 1960. The van der Waals surface area contributed by atoms with Gasteiger partial charge < -0.3 is 9.47 Å². The molecule has 0 saturated carbocycles. The summed E-state index contributed by atoms with van der Waals surface area (Å²) in [7, 11) is 0. The Morgan fingerprint density at radius 3 is 2.72 bits per heavy atom. The minimum atomic E-state index is -2.76. The first-order valence-corrected chi connectivity index (χ1v) is 16.9. The van der Waals surface area contributed by atoms with Gasteiger partial charge in [0.15, 0.2) is 11.2 Å². The van der Waals surface area contributed by atoms with Gasteiger partial charge in [-0.25, -0.2) is 23.1 Å². The zero-order valence-corrected chi connectivity index (χ0v) is 27.0. The monoisotopic (exact) mass is 660 g/mol. The van der Waals surface area contributed by atoms with Gasteiger partial charge in [-0.3, -0.25) is 19.7 Å². The molecule has 9 nitrogen and oxygen atoms in total. The predicted molar refractivity (Wildman–Crippen MR) is 176 cm³/mol. The third-order valence-corrected chi connectivity index (χ3v) is 10.8. The van der Waals surface area contributed by atoms with Crippen LogP contribution in [0.2, 0.25) is 0 Å². The van der Waals surface area contributed by atoms with Crippen molar-refractivity contribution >= 4 is 39.0 Å². The summed E-state index contributed by atoms with van der Waals surface area (Å²) in [4.78, 5) is 26.9. The molecule has 0 bridgehead atoms. The fourth-order valence-corrected chi connectivity index (χ4v) is 8.23. The summed E-state index contributed by atoms with van der Waals surface area (Å²) < 4.78 is 48.6. The molecule has 2 saturated heterocycles. The largest absolute Gasteiger partial charge is 0.368 e. The average Bonchev–Trinajstić information content (AvgIpc) is 3.89. The Balaban J connectivity index is 1.15. The lowest BCUT2D eigenvalue weighted by Gasteiger charge is -2.24. The van der Waals surface area contributed by atoms with Crippen LogP contribution in [0.5, 0.6) is 0 Å². The number of carbonyl (C=O) groups excluding carboxylic acids is 1. The highest BCUT2D eigenvalue weighted by atomic mass is 32.1. The molecule has 3 atom stereocenters. The van der Waals surface area contributed by atoms with E-state index in [4.69, 9.17) is 5.10 Å². The lowest BCUT2D eigenvalue weighted by atomic mass is 9.95. The summed E-state index contributed by atoms with van der Waals surface area (Å²) in [5.41, 5.74) is 3.57. The van der Waals surface area contributed by atoms with Gasteiger partial charge in [-0.15, -0.1) is 11.3 Å². The van der Waals surface area contributed by atoms with Crippen molar-refractivity contribution in [2.45, 2.75) is 51.4 Å². The molecule has 8 rings (SSSR count). The van der Waals surface area contributed by atoms with Gasteiger partial charge in [-0.2, -0.15) is 5.10 Å². The first-order valence-electron chi connectivity index (χ1n) is 16.0. The van der Waals surface area contributed by atoms with E-state index in [0.29, 0.717) is 46.9 Å². The topological polar surface area (TPSA) is 84.1 Å². The van der Waals surface area contributed by atoms with E-state index >= 15 is 4.39 Å². The zero-order valence-electron chi connectivity index (χ0n) is 26.2. The third kappa shape index (κ3) is 5.10. The van der Waals surface area contributed by atoms with Gasteiger partial charge in [0.1, 0.15) is 5.67 Å². The van der Waals surface area contributed by atoms with Crippen molar-refractivity contribution in [1.29, 1.82) is 0 Å². The van der Waals surface area contributed by atoms with Crippen LogP contribution in [0.1, 0.15) is 48.3 Å². The average molecular weight is 661 g/mol. The number of aromatic nitrogens is 5. The van der Waals surface area contributed by atoms with Gasteiger partial charge in [0.25, 0.3) is 12.3 Å². The molecule has 47 heavy (non-hydrogen) atoms. The number of halogens is 3. The van der Waals surface area contributed by atoms with Crippen molar-refractivity contribution in [3.05, 3.63) is 76.9 Å². The molecular weight excluding hydrogens is 625 g/mol. The first-order chi connectivity index (χ1) is 22.7. The standard InChI is InChI=1S/C34H35F3N8OS/c1-3-42-14-22-15-44(18-34(22,37)17-42)23-8-6-21(7-9-23)24-13-25(31(35)36)26-16-45(41-28(26)20(24)2)30(32(46)40-33-38-10-12-47-33)29-27-5-4-11-43(27)19-39-29/h6-10,12-13,16,19,22,30-31H,3-5,11,14-15,17-18H2,1-2H3,(H,38,40,46)/t22?,30?,34-/m1/s1. The van der Waals surface area contributed by atoms with Crippen LogP contribution >= 0.6 is 11.3 Å². The van der Waals surface area contributed by atoms with Crippen LogP contribution in [0.4, 0.5) is 24.0 Å². The maximum Gasteiger partial charge on any atom is 0.264 e. The summed E-state index contributed by atoms with van der Waals surface area (Å²) >= 11 is 1.29. The number of anilines is 2. The molecule has 6 heterocycles. The molecular formula is C34H35F3N8OS. The molecule has 1 amide bonds. The second-order valence-corrected chi connectivity index (χ2v) is 13.8. The summed E-state index contributed by atoms with van der Waals surface area (Å²) in [5.74, 6) is -0.414. The van der Waals surface area contributed by atoms with Gasteiger partial charge in [0.2, 0.25) is 0 Å². The van der Waals surface area contributed by atoms with Gasteiger partial charge in [-0.1, -0.05) is 19.1 Å². The summed E-state index contributed by atoms with van der Waals surface area (Å²) in [6.07, 6.45) is 3.81. The Morgan fingerprint density at radius 2 is 2.00 bits per heavy atom. The smallest absolute Gasteiger partial charge is 0.264 e. The first kappa shape index (κ1) is 30.1. The second-order valence-electron chi connectivity index (χ2n) is 12.9. The van der Waals surface area contributed by atoms with Crippen LogP contribution in [-0.2, 0) is 17.8 Å². The maximum absolute atomic E-state index is 15.7. The number of aryl methyl sites for hydroxylation is 2. The number of amides is 1. The normalized spacial score (nSPS) is 21.6. The number of nitrogens with zero attached hydrogens (tertiary/aromatic N) is 7. The van der Waals surface area contributed by atoms with Crippen LogP contribution in [0.3, 0.4) is 0 Å². The fourth-order valence-electron chi connectivity index (χ4n) is 7.70. The minimum Gasteiger partial charge on any atom is -0.368 e. The molecule has 13 heteroatoms. The van der Waals surface area contributed by atoms with Crippen LogP contribution in [0.25, 0.3) is 22.0 Å². The Hall–Kier alpha value is -4.23. The van der Waals surface area contributed by atoms with E-state index in [2.05, 4.69) is 32.0 Å². The van der Waals surface area contributed by atoms with Crippen molar-refractivity contribution in [1.82, 2.24) is 29.2 Å². The zero-order chi connectivity index (χ0) is 32.4. The third-order valence-electron chi connectivity index (χ3n) is 10.1. The highest BCUT2D eigenvalue weighted by molar-refractivity contribution is 7.13. The number of imidazole rings is 1. The number of rotatable bonds is 8. The summed E-state index contributed by atoms with van der Waals surface area (Å²) in [6.45, 7) is 7.82. The van der Waals surface area contributed by atoms with Gasteiger partial charge >= 0.3 is 0 Å². The van der Waals surface area contributed by atoms with E-state index in [1.54, 1.807) is 24.1 Å². The fraction of sp³-hybridized carbons (Fsp3) is 0.412. The van der Waals surface area contributed by atoms with Crippen molar-refractivity contribution in [2.75, 3.05) is 42.9 Å². The molecule has 2 aromatic carbocycles. The minimum absolute atomic E-state index is 0.0220. The number of nitrogens with one attached hydrogen (secondary N) is 1. The summed E-state index contributed by atoms with van der Waals surface area (Å²) in [6, 6.07) is 8.26. The predicted octanol–water partition coefficient (Wildman–Crippen LogP) is 6.26. The van der Waals surface area contributed by atoms with Crippen molar-refractivity contribution in [3.8, 4) is 11.1 Å². The van der Waals surface area contributed by atoms with E-state index in [0.717, 1.165) is 55.0 Å². The molecule has 3 aliphatic heterocycles. The number of benzene rings is 2. The molecule has 3 aromatic heterocycles. The van der Waals surface area contributed by atoms with Crippen molar-refractivity contribution < 1.29 is 18.0 Å². The number of fused-ring (bicyclic) bond motifs is 3. The van der Waals surface area contributed by atoms with E-state index in [1.807, 2.05) is 35.8 Å². The SMILES string of the molecule is CCN1CC2CN(c3ccc(-c4cc(C(F)F)c5cn(C(C(=O)Nc6nccs6)c6ncn7c6CCC7)nc5c4C)cc3)C[C@]2(F)C1. The van der Waals surface area contributed by atoms with E-state index in [-0.39, 0.29) is 11.5 Å². The molecule has 1 N–H and O–H groups in total. The number of alkyl halides is 3. The highest BCUT2D eigenvalue weighted by Crippen LogP contribution is 2.42. The Kier molecular flexibility index (Phi) is 7.36. The Morgan fingerprint density at radius 1 is 1.17 bits per heavy atom. The molecule has 2 fully saturated rings. The number of hydrogen-bond donors (Lipinski definition) is 1. The number of thiazole rings is 1. The lowest BCUT2D eigenvalue weighted by Crippen LogP contribution is -2.36. The van der Waals surface area contributed by atoms with Crippen LogP contribution < -0.4 is 10.2 Å². The summed E-state index contributed by atoms with van der Waals surface area (Å²) in [5, 5.41) is 10.2. The molecule has 0 radical (unpaired) electrons. The quantitative estimate of drug-likeness (QED) is 0.212. The van der Waals surface area contributed by atoms with Crippen LogP contribution in [-0.4, -0.2) is 73.5 Å². The highest BCUT2D eigenvalue weighted by Gasteiger charge is 2.53. The van der Waals surface area contributed by atoms with Crippen LogP contribution in [0.15, 0.2) is 54.4 Å². The molecule has 0 spiro atoms. The van der Waals surface area contributed by atoms with Gasteiger partial charge in [0, 0.05) is 72.2 Å². The van der Waals surface area contributed by atoms with Crippen molar-refractivity contribution in [2.24, 2.45) is 5.92 Å². The Labute approximate surface area is 274 Å². The number of likely N-dealkylation sites (tertiary alicyclic amines) is 1. The van der Waals surface area contributed by atoms with E-state index < -0.39 is 24.0 Å². The van der Waals surface area contributed by atoms with Gasteiger partial charge in [0.05, 0.1) is 24.1 Å². The molecule has 244 valence electrons. The number of carbonyl (C=O) groups is 1. The maximum atomic E-state index is 15.7.